The monoisotopic (exact) mass is 294 g/mol. The van der Waals surface area contributed by atoms with E-state index in [1.54, 1.807) is 14.2 Å². The van der Waals surface area contributed by atoms with Gasteiger partial charge in [0.2, 0.25) is 0 Å². The zero-order valence-corrected chi connectivity index (χ0v) is 13.2. The van der Waals surface area contributed by atoms with E-state index in [0.29, 0.717) is 18.9 Å². The largest absolute Gasteiger partial charge is 0.497 e. The molecule has 0 radical (unpaired) electrons. The van der Waals surface area contributed by atoms with Crippen molar-refractivity contribution in [2.24, 2.45) is 0 Å². The molecule has 1 N–H and O–H groups in total. The van der Waals surface area contributed by atoms with E-state index in [2.05, 4.69) is 6.92 Å². The molecule has 1 aromatic rings. The Balaban J connectivity index is 1.93. The molecule has 1 heterocycles. The molecule has 1 saturated heterocycles. The molecule has 21 heavy (non-hydrogen) atoms. The van der Waals surface area contributed by atoms with Gasteiger partial charge >= 0.3 is 0 Å². The molecular formula is C17H26O4. The minimum Gasteiger partial charge on any atom is -0.497 e. The Labute approximate surface area is 127 Å². The van der Waals surface area contributed by atoms with Crippen LogP contribution in [-0.4, -0.2) is 37.6 Å². The van der Waals surface area contributed by atoms with Crippen molar-refractivity contribution >= 4 is 0 Å². The molecular weight excluding hydrogens is 268 g/mol. The van der Waals surface area contributed by atoms with Crippen molar-refractivity contribution in [2.45, 2.75) is 57.3 Å². The van der Waals surface area contributed by atoms with Crippen LogP contribution in [0.5, 0.6) is 11.5 Å². The van der Waals surface area contributed by atoms with Crippen LogP contribution in [0, 0.1) is 0 Å². The molecule has 118 valence electrons. The first-order chi connectivity index (χ1) is 10.1. The van der Waals surface area contributed by atoms with Gasteiger partial charge in [0.15, 0.2) is 0 Å². The molecule has 0 bridgehead atoms. The molecule has 1 aliphatic rings. The first-order valence-electron chi connectivity index (χ1n) is 7.66. The summed E-state index contributed by atoms with van der Waals surface area (Å²) in [5.41, 5.74) is 1.02. The zero-order chi connectivity index (χ0) is 15.2. The highest BCUT2D eigenvalue weighted by Crippen LogP contribution is 2.26. The summed E-state index contributed by atoms with van der Waals surface area (Å²) in [5.74, 6) is 1.50. The molecule has 0 saturated carbocycles. The van der Waals surface area contributed by atoms with Crippen LogP contribution in [0.1, 0.15) is 38.2 Å². The maximum Gasteiger partial charge on any atom is 0.122 e. The summed E-state index contributed by atoms with van der Waals surface area (Å²) in [6, 6.07) is 5.72. The lowest BCUT2D eigenvalue weighted by Crippen LogP contribution is -2.29. The number of benzene rings is 1. The van der Waals surface area contributed by atoms with Crippen molar-refractivity contribution in [3.05, 3.63) is 23.8 Å². The number of hydrogen-bond acceptors (Lipinski definition) is 4. The fraction of sp³-hybridized carbons (Fsp3) is 0.647. The summed E-state index contributed by atoms with van der Waals surface area (Å²) in [6.45, 7) is 2.10. The van der Waals surface area contributed by atoms with E-state index in [1.807, 2.05) is 18.2 Å². The van der Waals surface area contributed by atoms with Crippen LogP contribution >= 0.6 is 0 Å². The van der Waals surface area contributed by atoms with E-state index in [9.17, 15) is 5.11 Å². The molecule has 1 aromatic carbocycles. The Morgan fingerprint density at radius 3 is 2.43 bits per heavy atom. The van der Waals surface area contributed by atoms with E-state index in [4.69, 9.17) is 14.2 Å². The summed E-state index contributed by atoms with van der Waals surface area (Å²) in [4.78, 5) is 0. The van der Waals surface area contributed by atoms with Crippen LogP contribution < -0.4 is 9.47 Å². The minimum atomic E-state index is -0.405. The van der Waals surface area contributed by atoms with Crippen molar-refractivity contribution in [3.8, 4) is 11.5 Å². The van der Waals surface area contributed by atoms with Crippen molar-refractivity contribution in [1.29, 1.82) is 0 Å². The molecule has 4 nitrogen and oxygen atoms in total. The van der Waals surface area contributed by atoms with E-state index < -0.39 is 6.10 Å². The maximum absolute atomic E-state index is 10.3. The summed E-state index contributed by atoms with van der Waals surface area (Å²) in [5, 5.41) is 10.3. The van der Waals surface area contributed by atoms with Gasteiger partial charge in [-0.1, -0.05) is 0 Å². The van der Waals surface area contributed by atoms with Crippen molar-refractivity contribution < 1.29 is 19.3 Å². The van der Waals surface area contributed by atoms with Gasteiger partial charge in [-0.15, -0.1) is 0 Å². The number of ether oxygens (including phenoxy) is 3. The second-order valence-corrected chi connectivity index (χ2v) is 5.81. The average molecular weight is 294 g/mol. The number of aliphatic hydroxyl groups excluding tert-OH is 1. The van der Waals surface area contributed by atoms with Gasteiger partial charge in [0.05, 0.1) is 32.5 Å². The lowest BCUT2D eigenvalue weighted by molar-refractivity contribution is -0.0598. The lowest BCUT2D eigenvalue weighted by atomic mass is 9.97. The van der Waals surface area contributed by atoms with Gasteiger partial charge in [-0.2, -0.15) is 0 Å². The molecule has 4 heteroatoms. The predicted molar refractivity (Wildman–Crippen MR) is 82.1 cm³/mol. The van der Waals surface area contributed by atoms with E-state index in [-0.39, 0.29) is 6.10 Å². The average Bonchev–Trinajstić information content (AvgIpc) is 2.46. The van der Waals surface area contributed by atoms with Crippen LogP contribution in [0.25, 0.3) is 0 Å². The fourth-order valence-corrected chi connectivity index (χ4v) is 2.91. The number of methoxy groups -OCH3 is 2. The molecule has 0 aliphatic carbocycles. The molecule has 2 rings (SSSR count). The van der Waals surface area contributed by atoms with Crippen molar-refractivity contribution in [2.75, 3.05) is 14.2 Å². The highest BCUT2D eigenvalue weighted by molar-refractivity contribution is 5.38. The van der Waals surface area contributed by atoms with Gasteiger partial charge in [-0.25, -0.2) is 0 Å². The summed E-state index contributed by atoms with van der Waals surface area (Å²) < 4.78 is 16.4. The number of hydrogen-bond donors (Lipinski definition) is 1. The third-order valence-corrected chi connectivity index (χ3v) is 3.98. The molecule has 1 aliphatic heterocycles. The van der Waals surface area contributed by atoms with Gasteiger partial charge in [0.1, 0.15) is 11.5 Å². The third kappa shape index (κ3) is 4.90. The topological polar surface area (TPSA) is 47.9 Å². The summed E-state index contributed by atoms with van der Waals surface area (Å²) in [7, 11) is 3.26. The van der Waals surface area contributed by atoms with Crippen LogP contribution in [0.15, 0.2) is 18.2 Å². The van der Waals surface area contributed by atoms with E-state index in [0.717, 1.165) is 29.9 Å². The van der Waals surface area contributed by atoms with Gasteiger partial charge in [0.25, 0.3) is 0 Å². The van der Waals surface area contributed by atoms with Crippen molar-refractivity contribution in [3.63, 3.8) is 0 Å². The van der Waals surface area contributed by atoms with Gasteiger partial charge in [0, 0.05) is 6.07 Å². The highest BCUT2D eigenvalue weighted by atomic mass is 16.5. The van der Waals surface area contributed by atoms with Crippen molar-refractivity contribution in [1.82, 2.24) is 0 Å². The molecule has 0 amide bonds. The quantitative estimate of drug-likeness (QED) is 0.876. The molecule has 3 atom stereocenters. The van der Waals surface area contributed by atoms with Gasteiger partial charge in [-0.05, 0) is 56.7 Å². The Morgan fingerprint density at radius 1 is 1.19 bits per heavy atom. The molecule has 0 spiro atoms. The summed E-state index contributed by atoms with van der Waals surface area (Å²) in [6.07, 6.45) is 4.71. The van der Waals surface area contributed by atoms with Crippen LogP contribution in [0.3, 0.4) is 0 Å². The predicted octanol–water partition coefficient (Wildman–Crippen LogP) is 2.95. The normalized spacial score (nSPS) is 23.6. The van der Waals surface area contributed by atoms with E-state index >= 15 is 0 Å². The zero-order valence-electron chi connectivity index (χ0n) is 13.2. The molecule has 1 fully saturated rings. The molecule has 0 aromatic heterocycles. The van der Waals surface area contributed by atoms with Gasteiger partial charge in [-0.3, -0.25) is 0 Å². The first kappa shape index (κ1) is 16.1. The second kappa shape index (κ2) is 7.66. The Kier molecular flexibility index (Phi) is 5.88. The SMILES string of the molecule is COc1cc(CC(O)C[C@H]2CCC[C@H](C)O2)cc(OC)c1. The summed E-state index contributed by atoms with van der Waals surface area (Å²) >= 11 is 0. The lowest BCUT2D eigenvalue weighted by Gasteiger charge is -2.29. The molecule has 1 unspecified atom stereocenters. The number of aliphatic hydroxyl groups is 1. The highest BCUT2D eigenvalue weighted by Gasteiger charge is 2.22. The van der Waals surface area contributed by atoms with Gasteiger partial charge < -0.3 is 19.3 Å². The maximum atomic E-state index is 10.3. The van der Waals surface area contributed by atoms with Crippen LogP contribution in [0.4, 0.5) is 0 Å². The Hall–Kier alpha value is -1.26. The fourth-order valence-electron chi connectivity index (χ4n) is 2.91. The number of rotatable bonds is 6. The van der Waals surface area contributed by atoms with Crippen LogP contribution in [-0.2, 0) is 11.2 Å². The van der Waals surface area contributed by atoms with E-state index in [1.165, 1.54) is 6.42 Å². The Bertz CT molecular complexity index is 424. The van der Waals surface area contributed by atoms with Crippen LogP contribution in [0.2, 0.25) is 0 Å². The third-order valence-electron chi connectivity index (χ3n) is 3.98. The Morgan fingerprint density at radius 2 is 1.86 bits per heavy atom. The second-order valence-electron chi connectivity index (χ2n) is 5.81. The minimum absolute atomic E-state index is 0.177. The smallest absolute Gasteiger partial charge is 0.122 e. The first-order valence-corrected chi connectivity index (χ1v) is 7.66. The standard InChI is InChI=1S/C17H26O4/c1-12-5-4-6-15(21-12)10-14(18)7-13-8-16(19-2)11-17(9-13)20-3/h8-9,11-12,14-15,18H,4-7,10H2,1-3H3/t12-,14?,15+/m0/s1.